The standard InChI is InChI=1S/C12H10BrClFNOS/c13-7-3-12(18-6-7)11(5-16)17-10-2-1-8(15)4-9(10)14/h1-4,6,11H,5,16H2. The van der Waals surface area contributed by atoms with E-state index in [0.29, 0.717) is 12.3 Å². The summed E-state index contributed by atoms with van der Waals surface area (Å²) in [5.41, 5.74) is 5.69. The number of nitrogens with two attached hydrogens (primary N) is 1. The summed E-state index contributed by atoms with van der Waals surface area (Å²) in [7, 11) is 0. The van der Waals surface area contributed by atoms with Gasteiger partial charge in [-0.05, 0) is 40.2 Å². The van der Waals surface area contributed by atoms with Crippen molar-refractivity contribution in [3.8, 4) is 5.75 Å². The van der Waals surface area contributed by atoms with Crippen LogP contribution in [0.1, 0.15) is 11.0 Å². The van der Waals surface area contributed by atoms with E-state index in [1.807, 2.05) is 11.4 Å². The smallest absolute Gasteiger partial charge is 0.145 e. The van der Waals surface area contributed by atoms with Gasteiger partial charge in [-0.15, -0.1) is 11.3 Å². The Morgan fingerprint density at radius 2 is 2.22 bits per heavy atom. The van der Waals surface area contributed by atoms with Gasteiger partial charge in [0.25, 0.3) is 0 Å². The highest BCUT2D eigenvalue weighted by Crippen LogP contribution is 2.32. The van der Waals surface area contributed by atoms with Gasteiger partial charge in [0.1, 0.15) is 17.7 Å². The zero-order valence-corrected chi connectivity index (χ0v) is 12.4. The Morgan fingerprint density at radius 3 is 2.78 bits per heavy atom. The van der Waals surface area contributed by atoms with E-state index in [2.05, 4.69) is 15.9 Å². The molecule has 1 unspecified atom stereocenters. The summed E-state index contributed by atoms with van der Waals surface area (Å²) in [6, 6.07) is 5.97. The summed E-state index contributed by atoms with van der Waals surface area (Å²) in [4.78, 5) is 0.991. The predicted octanol–water partition coefficient (Wildman–Crippen LogP) is 4.38. The average molecular weight is 351 g/mol. The van der Waals surface area contributed by atoms with Crippen LogP contribution < -0.4 is 10.5 Å². The second-order valence-corrected chi connectivity index (χ2v) is 5.85. The monoisotopic (exact) mass is 349 g/mol. The minimum absolute atomic E-state index is 0.240. The van der Waals surface area contributed by atoms with Gasteiger partial charge in [0.05, 0.1) is 5.02 Å². The number of hydrogen-bond donors (Lipinski definition) is 1. The van der Waals surface area contributed by atoms with Crippen LogP contribution in [0.15, 0.2) is 34.1 Å². The molecule has 0 fully saturated rings. The fraction of sp³-hybridized carbons (Fsp3) is 0.167. The second kappa shape index (κ2) is 6.02. The van der Waals surface area contributed by atoms with Crippen molar-refractivity contribution in [3.05, 3.63) is 49.8 Å². The van der Waals surface area contributed by atoms with Crippen LogP contribution in [0, 0.1) is 5.82 Å². The fourth-order valence-electron chi connectivity index (χ4n) is 1.44. The molecule has 0 saturated carbocycles. The number of benzene rings is 1. The molecular formula is C12H10BrClFNOS. The number of halogens is 3. The quantitative estimate of drug-likeness (QED) is 0.888. The van der Waals surface area contributed by atoms with E-state index in [0.717, 1.165) is 9.35 Å². The lowest BCUT2D eigenvalue weighted by atomic mass is 10.3. The van der Waals surface area contributed by atoms with Crippen molar-refractivity contribution < 1.29 is 9.13 Å². The van der Waals surface area contributed by atoms with Crippen molar-refractivity contribution >= 4 is 38.9 Å². The van der Waals surface area contributed by atoms with Gasteiger partial charge in [-0.1, -0.05) is 11.6 Å². The first-order valence-electron chi connectivity index (χ1n) is 5.16. The summed E-state index contributed by atoms with van der Waals surface area (Å²) in [6.07, 6.45) is -0.288. The molecule has 1 aromatic heterocycles. The summed E-state index contributed by atoms with van der Waals surface area (Å²) in [5.74, 6) is 0.0357. The molecule has 0 radical (unpaired) electrons. The second-order valence-electron chi connectivity index (χ2n) is 3.58. The van der Waals surface area contributed by atoms with Gasteiger partial charge < -0.3 is 10.5 Å². The minimum atomic E-state index is -0.393. The average Bonchev–Trinajstić information content (AvgIpc) is 2.75. The van der Waals surface area contributed by atoms with Crippen LogP contribution >= 0.6 is 38.9 Å². The van der Waals surface area contributed by atoms with E-state index in [4.69, 9.17) is 22.1 Å². The molecule has 0 aliphatic rings. The third-order valence-corrected chi connectivity index (χ3v) is 4.36. The normalized spacial score (nSPS) is 12.4. The Labute approximate surface area is 122 Å². The van der Waals surface area contributed by atoms with Gasteiger partial charge in [0.15, 0.2) is 0 Å². The highest BCUT2D eigenvalue weighted by atomic mass is 79.9. The predicted molar refractivity (Wildman–Crippen MR) is 75.9 cm³/mol. The minimum Gasteiger partial charge on any atom is -0.482 e. The molecule has 2 rings (SSSR count). The maximum Gasteiger partial charge on any atom is 0.145 e. The van der Waals surface area contributed by atoms with Crippen molar-refractivity contribution in [1.82, 2.24) is 0 Å². The molecule has 0 aliphatic carbocycles. The SMILES string of the molecule is NCC(Oc1ccc(F)cc1Cl)c1cc(Br)cs1. The molecule has 6 heteroatoms. The van der Waals surface area contributed by atoms with Crippen LogP contribution in [-0.2, 0) is 0 Å². The number of ether oxygens (including phenoxy) is 1. The highest BCUT2D eigenvalue weighted by molar-refractivity contribution is 9.10. The summed E-state index contributed by atoms with van der Waals surface area (Å²) in [5, 5.41) is 2.19. The molecule has 1 aromatic carbocycles. The Hall–Kier alpha value is -0.620. The molecule has 18 heavy (non-hydrogen) atoms. The first-order chi connectivity index (χ1) is 8.60. The summed E-state index contributed by atoms with van der Waals surface area (Å²) in [6.45, 7) is 0.320. The molecule has 0 amide bonds. The molecule has 0 aliphatic heterocycles. The maximum atomic E-state index is 12.9. The van der Waals surface area contributed by atoms with E-state index >= 15 is 0 Å². The third-order valence-electron chi connectivity index (χ3n) is 2.28. The van der Waals surface area contributed by atoms with Gasteiger partial charge in [-0.2, -0.15) is 0 Å². The first kappa shape index (κ1) is 13.8. The Bertz CT molecular complexity index is 549. The Morgan fingerprint density at radius 1 is 1.44 bits per heavy atom. The van der Waals surface area contributed by atoms with Crippen LogP contribution in [0.25, 0.3) is 0 Å². The number of rotatable bonds is 4. The van der Waals surface area contributed by atoms with E-state index in [1.165, 1.54) is 18.2 Å². The van der Waals surface area contributed by atoms with Gasteiger partial charge in [-0.3, -0.25) is 0 Å². The Kier molecular flexibility index (Phi) is 4.61. The first-order valence-corrected chi connectivity index (χ1v) is 7.21. The molecule has 1 atom stereocenters. The highest BCUT2D eigenvalue weighted by Gasteiger charge is 2.15. The van der Waals surface area contributed by atoms with Crippen LogP contribution in [0.3, 0.4) is 0 Å². The zero-order chi connectivity index (χ0) is 13.1. The summed E-state index contributed by atoms with van der Waals surface area (Å²) >= 11 is 10.8. The Balaban J connectivity index is 2.20. The molecule has 2 N–H and O–H groups in total. The van der Waals surface area contributed by atoms with E-state index < -0.39 is 5.82 Å². The zero-order valence-electron chi connectivity index (χ0n) is 9.20. The van der Waals surface area contributed by atoms with Gasteiger partial charge >= 0.3 is 0 Å². The summed E-state index contributed by atoms with van der Waals surface area (Å²) < 4.78 is 19.6. The van der Waals surface area contributed by atoms with E-state index in [-0.39, 0.29) is 11.1 Å². The largest absolute Gasteiger partial charge is 0.482 e. The lowest BCUT2D eigenvalue weighted by Crippen LogP contribution is -2.17. The van der Waals surface area contributed by atoms with Crippen molar-refractivity contribution in [3.63, 3.8) is 0 Å². The van der Waals surface area contributed by atoms with Gasteiger partial charge in [0, 0.05) is 21.3 Å². The van der Waals surface area contributed by atoms with Crippen LogP contribution in [0.2, 0.25) is 5.02 Å². The molecular weight excluding hydrogens is 341 g/mol. The molecule has 1 heterocycles. The molecule has 96 valence electrons. The molecule has 0 saturated heterocycles. The molecule has 2 aromatic rings. The lowest BCUT2D eigenvalue weighted by molar-refractivity contribution is 0.218. The molecule has 0 spiro atoms. The topological polar surface area (TPSA) is 35.2 Å². The third kappa shape index (κ3) is 3.23. The van der Waals surface area contributed by atoms with Crippen LogP contribution in [0.4, 0.5) is 4.39 Å². The number of thiophene rings is 1. The lowest BCUT2D eigenvalue weighted by Gasteiger charge is -2.16. The van der Waals surface area contributed by atoms with Crippen molar-refractivity contribution in [2.24, 2.45) is 5.73 Å². The number of hydrogen-bond acceptors (Lipinski definition) is 3. The van der Waals surface area contributed by atoms with E-state index in [1.54, 1.807) is 11.3 Å². The van der Waals surface area contributed by atoms with Crippen molar-refractivity contribution in [2.75, 3.05) is 6.54 Å². The van der Waals surface area contributed by atoms with Gasteiger partial charge in [0.2, 0.25) is 0 Å². The van der Waals surface area contributed by atoms with Crippen molar-refractivity contribution in [2.45, 2.75) is 6.10 Å². The van der Waals surface area contributed by atoms with Gasteiger partial charge in [-0.25, -0.2) is 4.39 Å². The molecule has 0 bridgehead atoms. The fourth-order valence-corrected chi connectivity index (χ4v) is 3.14. The molecule has 2 nitrogen and oxygen atoms in total. The van der Waals surface area contributed by atoms with Crippen LogP contribution in [-0.4, -0.2) is 6.54 Å². The van der Waals surface area contributed by atoms with E-state index in [9.17, 15) is 4.39 Å². The van der Waals surface area contributed by atoms with Crippen molar-refractivity contribution in [1.29, 1.82) is 0 Å². The maximum absolute atomic E-state index is 12.9. The van der Waals surface area contributed by atoms with Crippen LogP contribution in [0.5, 0.6) is 5.75 Å².